The summed E-state index contributed by atoms with van der Waals surface area (Å²) in [4.78, 5) is 18.8. The largest absolute Gasteiger partial charge is 0.461 e. The Morgan fingerprint density at radius 2 is 2.07 bits per heavy atom. The maximum atomic E-state index is 16.9. The molecule has 9 nitrogen and oxygen atoms in total. The average molecular weight is 635 g/mol. The Morgan fingerprint density at radius 3 is 2.87 bits per heavy atom. The number of anilines is 2. The van der Waals surface area contributed by atoms with E-state index in [2.05, 4.69) is 33.1 Å². The number of nitrogen functional groups attached to an aromatic ring is 1. The molecule has 1 aromatic carbocycles. The normalized spacial score (nSPS) is 26.5. The number of alkyl halides is 1. The highest BCUT2D eigenvalue weighted by Gasteiger charge is 2.49. The Balaban J connectivity index is 1.32. The van der Waals surface area contributed by atoms with Crippen LogP contribution < -0.4 is 20.7 Å². The zero-order chi connectivity index (χ0) is 31.0. The van der Waals surface area contributed by atoms with Gasteiger partial charge in [0.05, 0.1) is 26.9 Å². The summed E-state index contributed by atoms with van der Waals surface area (Å²) in [5.41, 5.74) is 6.73. The van der Waals surface area contributed by atoms with Crippen molar-refractivity contribution in [2.45, 2.75) is 69.2 Å². The molecule has 3 aromatic heterocycles. The quantitative estimate of drug-likeness (QED) is 0.310. The van der Waals surface area contributed by atoms with E-state index in [1.54, 1.807) is 0 Å². The molecular formula is C32H33F3N8OS. The Kier molecular flexibility index (Phi) is 6.81. The Labute approximate surface area is 262 Å². The van der Waals surface area contributed by atoms with E-state index in [9.17, 15) is 14.0 Å². The third kappa shape index (κ3) is 4.44. The number of aryl methyl sites for hydroxylation is 1. The topological polar surface area (TPSA) is 116 Å². The first-order valence-corrected chi connectivity index (χ1v) is 16.4. The monoisotopic (exact) mass is 634 g/mol. The minimum atomic E-state index is -0.909. The molecule has 0 amide bonds. The van der Waals surface area contributed by atoms with Crippen LogP contribution in [0.25, 0.3) is 32.2 Å². The van der Waals surface area contributed by atoms with Crippen LogP contribution in [0.2, 0.25) is 0 Å². The van der Waals surface area contributed by atoms with Crippen LogP contribution in [0.4, 0.5) is 24.0 Å². The van der Waals surface area contributed by atoms with Crippen LogP contribution in [0.5, 0.6) is 6.01 Å². The zero-order valence-corrected chi connectivity index (χ0v) is 25.7. The van der Waals surface area contributed by atoms with Crippen LogP contribution in [0.15, 0.2) is 12.1 Å². The molecule has 8 rings (SSSR count). The minimum absolute atomic E-state index is 0.0200. The predicted molar refractivity (Wildman–Crippen MR) is 167 cm³/mol. The van der Waals surface area contributed by atoms with E-state index < -0.39 is 23.3 Å². The molecule has 3 saturated heterocycles. The van der Waals surface area contributed by atoms with Crippen LogP contribution in [-0.4, -0.2) is 76.4 Å². The Morgan fingerprint density at radius 1 is 1.20 bits per heavy atom. The molecule has 3 N–H and O–H groups in total. The minimum Gasteiger partial charge on any atom is -0.461 e. The molecule has 4 atom stereocenters. The number of benzene rings is 1. The summed E-state index contributed by atoms with van der Waals surface area (Å²) in [5.74, 6) is -0.656. The van der Waals surface area contributed by atoms with Crippen molar-refractivity contribution < 1.29 is 17.9 Å². The Hall–Kier alpha value is -3.73. The van der Waals surface area contributed by atoms with Crippen molar-refractivity contribution in [3.8, 4) is 23.3 Å². The summed E-state index contributed by atoms with van der Waals surface area (Å²) in [6.45, 7) is 5.13. The highest BCUT2D eigenvalue weighted by Crippen LogP contribution is 2.45. The summed E-state index contributed by atoms with van der Waals surface area (Å²) in [5, 5.41) is 14.3. The molecule has 7 heterocycles. The number of thiophene rings is 1. The van der Waals surface area contributed by atoms with Gasteiger partial charge in [-0.25, -0.2) is 18.2 Å². The third-order valence-corrected chi connectivity index (χ3v) is 11.2. The molecule has 4 aromatic rings. The van der Waals surface area contributed by atoms with Crippen molar-refractivity contribution in [3.05, 3.63) is 35.0 Å². The second-order valence-electron chi connectivity index (χ2n) is 12.8. The van der Waals surface area contributed by atoms with E-state index in [-0.39, 0.29) is 62.1 Å². The molecule has 0 radical (unpaired) electrons. The molecule has 3 fully saturated rings. The smallest absolute Gasteiger partial charge is 0.319 e. The fraction of sp³-hybridized carbons (Fsp3) is 0.500. The van der Waals surface area contributed by atoms with E-state index in [4.69, 9.17) is 20.4 Å². The van der Waals surface area contributed by atoms with Crippen molar-refractivity contribution in [1.29, 1.82) is 5.26 Å². The summed E-state index contributed by atoms with van der Waals surface area (Å²) < 4.78 is 52.8. The van der Waals surface area contributed by atoms with Gasteiger partial charge in [-0.05, 0) is 64.3 Å². The molecule has 4 aliphatic heterocycles. The van der Waals surface area contributed by atoms with Gasteiger partial charge in [-0.3, -0.25) is 4.90 Å². The van der Waals surface area contributed by atoms with Crippen molar-refractivity contribution in [1.82, 2.24) is 25.2 Å². The molecular weight excluding hydrogens is 601 g/mol. The number of fused-ring (bicyclic) bond motifs is 2. The van der Waals surface area contributed by atoms with E-state index >= 15 is 4.39 Å². The number of hydrogen-bond acceptors (Lipinski definition) is 10. The van der Waals surface area contributed by atoms with Gasteiger partial charge in [0.1, 0.15) is 46.7 Å². The molecule has 4 aliphatic rings. The van der Waals surface area contributed by atoms with Gasteiger partial charge in [0.15, 0.2) is 5.82 Å². The van der Waals surface area contributed by atoms with Gasteiger partial charge < -0.3 is 20.7 Å². The van der Waals surface area contributed by atoms with Gasteiger partial charge in [-0.2, -0.15) is 15.2 Å². The molecule has 0 aliphatic carbocycles. The molecule has 13 heteroatoms. The number of nitrogens with one attached hydrogen (secondary N) is 1. The van der Waals surface area contributed by atoms with E-state index in [0.717, 1.165) is 50.1 Å². The molecule has 0 saturated carbocycles. The number of nitriles is 1. The molecule has 0 bridgehead atoms. The van der Waals surface area contributed by atoms with Crippen molar-refractivity contribution in [2.75, 3.05) is 43.4 Å². The summed E-state index contributed by atoms with van der Waals surface area (Å²) in [6, 6.07) is 5.14. The predicted octanol–water partition coefficient (Wildman–Crippen LogP) is 5.10. The lowest BCUT2D eigenvalue weighted by Crippen LogP contribution is -2.44. The van der Waals surface area contributed by atoms with Gasteiger partial charge in [-0.15, -0.1) is 11.3 Å². The number of pyridine rings is 1. The molecule has 0 spiro atoms. The standard InChI is InChI=1S/C32H33F3N8OS/c1-16-22(7-9-38-16)43-11-2-4-21-24-27(40-31(41-30(24)43)44-15-32-8-3-10-42(32)14-17(33)12-32)25(35)26(39-21)18-5-6-20(34)28-23(18)19(13-36)29(37)45-28/h5-6,16-17,22,38H,2-4,7-12,14-15,37H2,1H3/t16-,17-,22-,32+/m1/s1. The van der Waals surface area contributed by atoms with Crippen molar-refractivity contribution in [2.24, 2.45) is 0 Å². The zero-order valence-electron chi connectivity index (χ0n) is 24.9. The molecule has 234 valence electrons. The van der Waals surface area contributed by atoms with Crippen LogP contribution in [-0.2, 0) is 6.42 Å². The maximum Gasteiger partial charge on any atom is 0.319 e. The number of ether oxygens (including phenoxy) is 1. The lowest BCUT2D eigenvalue weighted by Gasteiger charge is -2.33. The number of halogens is 3. The SMILES string of the molecule is C[C@H]1NCC[C@H]1N1CCCc2nc(-c3ccc(F)c4sc(N)c(C#N)c34)c(F)c3nc(OC[C@@]45CCCN4C[C@H](F)C5)nc1c23. The third-order valence-electron chi connectivity index (χ3n) is 10.2. The van der Waals surface area contributed by atoms with Crippen LogP contribution >= 0.6 is 11.3 Å². The van der Waals surface area contributed by atoms with E-state index in [1.165, 1.54) is 12.1 Å². The fourth-order valence-electron chi connectivity index (χ4n) is 8.10. The lowest BCUT2D eigenvalue weighted by molar-refractivity contribution is 0.107. The van der Waals surface area contributed by atoms with E-state index in [0.29, 0.717) is 42.8 Å². The number of nitrogens with two attached hydrogens (primary N) is 1. The van der Waals surface area contributed by atoms with Gasteiger partial charge in [0, 0.05) is 42.5 Å². The van der Waals surface area contributed by atoms with Crippen LogP contribution in [0.3, 0.4) is 0 Å². The first-order valence-electron chi connectivity index (χ1n) is 15.6. The van der Waals surface area contributed by atoms with Gasteiger partial charge >= 0.3 is 6.01 Å². The fourth-order valence-corrected chi connectivity index (χ4v) is 9.05. The highest BCUT2D eigenvalue weighted by molar-refractivity contribution is 7.23. The number of rotatable bonds is 5. The summed E-state index contributed by atoms with van der Waals surface area (Å²) >= 11 is 0.959. The molecule has 0 unspecified atom stereocenters. The van der Waals surface area contributed by atoms with E-state index in [1.807, 2.05) is 0 Å². The van der Waals surface area contributed by atoms with Gasteiger partial charge in [-0.1, -0.05) is 0 Å². The number of hydrogen-bond donors (Lipinski definition) is 2. The lowest BCUT2D eigenvalue weighted by atomic mass is 9.95. The Bertz CT molecular complexity index is 1890. The first-order chi connectivity index (χ1) is 21.8. The second kappa shape index (κ2) is 10.7. The summed E-state index contributed by atoms with van der Waals surface area (Å²) in [7, 11) is 0. The van der Waals surface area contributed by atoms with Gasteiger partial charge in [0.25, 0.3) is 0 Å². The van der Waals surface area contributed by atoms with Crippen molar-refractivity contribution >= 4 is 43.1 Å². The number of aromatic nitrogens is 3. The van der Waals surface area contributed by atoms with Gasteiger partial charge in [0.2, 0.25) is 0 Å². The number of nitrogens with zero attached hydrogens (tertiary/aromatic N) is 6. The van der Waals surface area contributed by atoms with Crippen LogP contribution in [0.1, 0.15) is 50.3 Å². The molecule has 45 heavy (non-hydrogen) atoms. The first kappa shape index (κ1) is 28.7. The summed E-state index contributed by atoms with van der Waals surface area (Å²) in [6.07, 6.45) is 3.50. The average Bonchev–Trinajstić information content (AvgIpc) is 3.75. The maximum absolute atomic E-state index is 16.9. The second-order valence-corrected chi connectivity index (χ2v) is 13.8. The van der Waals surface area contributed by atoms with Crippen molar-refractivity contribution in [3.63, 3.8) is 0 Å². The highest BCUT2D eigenvalue weighted by atomic mass is 32.1. The van der Waals surface area contributed by atoms with Crippen LogP contribution in [0, 0.1) is 23.0 Å².